The molecule has 0 N–H and O–H groups in total. The molecule has 3 aromatic rings. The number of nitrogens with zero attached hydrogens (tertiary/aromatic N) is 3. The number of methoxy groups -OCH3 is 1. The minimum absolute atomic E-state index is 0.0687. The number of pyridine rings is 1. The fourth-order valence-corrected chi connectivity index (χ4v) is 3.92. The average Bonchev–Trinajstić information content (AvgIpc) is 3.18. The smallest absolute Gasteiger partial charge is 0.242 e. The minimum Gasteiger partial charge on any atom is -0.494 e. The molecule has 0 fully saturated rings. The van der Waals surface area contributed by atoms with E-state index >= 15 is 0 Å². The number of ether oxygens (including phenoxy) is 1. The van der Waals surface area contributed by atoms with Gasteiger partial charge in [-0.2, -0.15) is 5.10 Å². The first-order valence-electron chi connectivity index (χ1n) is 9.30. The molecule has 2 aromatic carbocycles. The number of aromatic nitrogens is 1. The first kappa shape index (κ1) is 19.7. The summed E-state index contributed by atoms with van der Waals surface area (Å²) in [4.78, 5) is 17.2. The van der Waals surface area contributed by atoms with Gasteiger partial charge in [-0.1, -0.05) is 54.4 Å². The van der Waals surface area contributed by atoms with Crippen molar-refractivity contribution in [2.24, 2.45) is 5.10 Å². The molecule has 4 rings (SSSR count). The van der Waals surface area contributed by atoms with E-state index in [-0.39, 0.29) is 11.9 Å². The van der Waals surface area contributed by atoms with Crippen LogP contribution in [0.1, 0.15) is 36.9 Å². The van der Waals surface area contributed by atoms with Crippen molar-refractivity contribution >= 4 is 45.7 Å². The molecule has 5 nitrogen and oxygen atoms in total. The normalized spacial score (nSPS) is 16.2. The van der Waals surface area contributed by atoms with Crippen LogP contribution in [0.2, 0.25) is 10.2 Å². The summed E-state index contributed by atoms with van der Waals surface area (Å²) in [5.74, 6) is 0.586. The van der Waals surface area contributed by atoms with Crippen LogP contribution in [0.25, 0.3) is 10.9 Å². The van der Waals surface area contributed by atoms with Crippen LogP contribution < -0.4 is 4.74 Å². The van der Waals surface area contributed by atoms with E-state index < -0.39 is 0 Å². The van der Waals surface area contributed by atoms with Crippen LogP contribution in [0, 0.1) is 0 Å². The van der Waals surface area contributed by atoms with E-state index in [1.165, 1.54) is 5.01 Å². The van der Waals surface area contributed by atoms with Gasteiger partial charge in [-0.05, 0) is 29.8 Å². The summed E-state index contributed by atoms with van der Waals surface area (Å²) in [7, 11) is 1.60. The monoisotopic (exact) mass is 427 g/mol. The Labute approximate surface area is 178 Å². The molecule has 1 aliphatic rings. The molecule has 148 valence electrons. The molecule has 0 radical (unpaired) electrons. The highest BCUT2D eigenvalue weighted by Gasteiger charge is 2.34. The van der Waals surface area contributed by atoms with Crippen LogP contribution in [-0.2, 0) is 4.79 Å². The number of rotatable bonds is 4. The van der Waals surface area contributed by atoms with Gasteiger partial charge in [0.1, 0.15) is 16.4 Å². The number of amides is 1. The highest BCUT2D eigenvalue weighted by Crippen LogP contribution is 2.38. The second kappa shape index (κ2) is 8.01. The largest absolute Gasteiger partial charge is 0.494 e. The number of carbonyl (C=O) groups excluding carboxylic acids is 1. The van der Waals surface area contributed by atoms with Crippen LogP contribution in [-0.4, -0.2) is 28.7 Å². The van der Waals surface area contributed by atoms with Gasteiger partial charge >= 0.3 is 0 Å². The van der Waals surface area contributed by atoms with Crippen LogP contribution >= 0.6 is 23.2 Å². The van der Waals surface area contributed by atoms with Crippen molar-refractivity contribution in [3.05, 3.63) is 69.8 Å². The molecule has 29 heavy (non-hydrogen) atoms. The molecule has 7 heteroatoms. The highest BCUT2D eigenvalue weighted by atomic mass is 35.5. The number of hydrazone groups is 1. The quantitative estimate of drug-likeness (QED) is 0.506. The van der Waals surface area contributed by atoms with Crippen molar-refractivity contribution in [1.82, 2.24) is 9.99 Å². The molecule has 0 aliphatic carbocycles. The number of benzene rings is 2. The van der Waals surface area contributed by atoms with Gasteiger partial charge in [-0.15, -0.1) is 0 Å². The number of carbonyl (C=O) groups is 1. The second-order valence-electron chi connectivity index (χ2n) is 6.77. The Morgan fingerprint density at radius 3 is 2.66 bits per heavy atom. The fraction of sp³-hybridized carbons (Fsp3) is 0.227. The summed E-state index contributed by atoms with van der Waals surface area (Å²) < 4.78 is 5.39. The molecule has 0 spiro atoms. The number of halogens is 2. The van der Waals surface area contributed by atoms with Crippen LogP contribution in [0.3, 0.4) is 0 Å². The van der Waals surface area contributed by atoms with Crippen molar-refractivity contribution < 1.29 is 9.53 Å². The molecule has 1 atom stereocenters. The van der Waals surface area contributed by atoms with Gasteiger partial charge in [0, 0.05) is 28.8 Å². The van der Waals surface area contributed by atoms with Crippen molar-refractivity contribution in [2.75, 3.05) is 7.11 Å². The molecule has 0 bridgehead atoms. The van der Waals surface area contributed by atoms with Crippen LogP contribution in [0.5, 0.6) is 5.75 Å². The first-order valence-corrected chi connectivity index (χ1v) is 10.1. The van der Waals surface area contributed by atoms with E-state index in [4.69, 9.17) is 27.9 Å². The topological polar surface area (TPSA) is 54.8 Å². The Bertz CT molecular complexity index is 1110. The SMILES string of the molecule is CCC(=O)N1N=C(c2ccc(Cl)cc2)C[C@H]1c1cc2cccc(OC)c2nc1Cl. The maximum absolute atomic E-state index is 12.6. The summed E-state index contributed by atoms with van der Waals surface area (Å²) in [6, 6.07) is 14.8. The molecular weight excluding hydrogens is 409 g/mol. The second-order valence-corrected chi connectivity index (χ2v) is 7.56. The zero-order chi connectivity index (χ0) is 20.5. The summed E-state index contributed by atoms with van der Waals surface area (Å²) in [5, 5.41) is 8.04. The maximum Gasteiger partial charge on any atom is 0.242 e. The van der Waals surface area contributed by atoms with E-state index in [0.29, 0.717) is 34.3 Å². The molecular formula is C22H19Cl2N3O2. The van der Waals surface area contributed by atoms with Gasteiger partial charge in [0.05, 0.1) is 18.9 Å². The molecule has 1 aromatic heterocycles. The third kappa shape index (κ3) is 3.68. The number of para-hydroxylation sites is 1. The lowest BCUT2D eigenvalue weighted by Crippen LogP contribution is -2.26. The van der Waals surface area contributed by atoms with Gasteiger partial charge in [0.15, 0.2) is 0 Å². The van der Waals surface area contributed by atoms with Crippen molar-refractivity contribution in [2.45, 2.75) is 25.8 Å². The van der Waals surface area contributed by atoms with E-state index in [0.717, 1.165) is 22.2 Å². The predicted octanol–water partition coefficient (Wildman–Crippen LogP) is 5.64. The number of hydrogen-bond donors (Lipinski definition) is 0. The molecule has 0 saturated carbocycles. The van der Waals surface area contributed by atoms with Crippen LogP contribution in [0.15, 0.2) is 53.6 Å². The Hall–Kier alpha value is -2.63. The average molecular weight is 428 g/mol. The Morgan fingerprint density at radius 2 is 1.97 bits per heavy atom. The standard InChI is InChI=1S/C22H19Cl2N3O2/c1-3-20(28)27-18(12-17(26-27)13-7-9-15(23)10-8-13)16-11-14-5-4-6-19(29-2)21(14)25-22(16)24/h4-11,18H,3,12H2,1-2H3/t18-/m0/s1. The van der Waals surface area contributed by atoms with E-state index in [2.05, 4.69) is 10.1 Å². The van der Waals surface area contributed by atoms with Crippen molar-refractivity contribution in [1.29, 1.82) is 0 Å². The first-order chi connectivity index (χ1) is 14.0. The van der Waals surface area contributed by atoms with E-state index in [1.807, 2.05) is 55.5 Å². The summed E-state index contributed by atoms with van der Waals surface area (Å²) in [5.41, 5.74) is 3.20. The van der Waals surface area contributed by atoms with Gasteiger partial charge in [0.25, 0.3) is 0 Å². The molecule has 0 unspecified atom stereocenters. The predicted molar refractivity (Wildman–Crippen MR) is 116 cm³/mol. The minimum atomic E-state index is -0.316. The lowest BCUT2D eigenvalue weighted by atomic mass is 9.98. The highest BCUT2D eigenvalue weighted by molar-refractivity contribution is 6.31. The Morgan fingerprint density at radius 1 is 1.21 bits per heavy atom. The zero-order valence-corrected chi connectivity index (χ0v) is 17.5. The number of hydrogen-bond acceptors (Lipinski definition) is 4. The lowest BCUT2D eigenvalue weighted by Gasteiger charge is -2.22. The summed E-state index contributed by atoms with van der Waals surface area (Å²) in [6.45, 7) is 1.82. The van der Waals surface area contributed by atoms with Gasteiger partial charge in [-0.25, -0.2) is 9.99 Å². The summed E-state index contributed by atoms with van der Waals surface area (Å²) in [6.07, 6.45) is 0.893. The summed E-state index contributed by atoms with van der Waals surface area (Å²) >= 11 is 12.6. The molecule has 2 heterocycles. The van der Waals surface area contributed by atoms with Gasteiger partial charge in [-0.3, -0.25) is 4.79 Å². The van der Waals surface area contributed by atoms with Gasteiger partial charge in [0.2, 0.25) is 5.91 Å². The zero-order valence-electron chi connectivity index (χ0n) is 16.0. The fourth-order valence-electron chi connectivity index (χ4n) is 3.52. The third-order valence-electron chi connectivity index (χ3n) is 5.01. The maximum atomic E-state index is 12.6. The lowest BCUT2D eigenvalue weighted by molar-refractivity contribution is -0.132. The van der Waals surface area contributed by atoms with E-state index in [1.54, 1.807) is 7.11 Å². The molecule has 0 saturated heterocycles. The van der Waals surface area contributed by atoms with Gasteiger partial charge < -0.3 is 4.74 Å². The Balaban J connectivity index is 1.78. The Kier molecular flexibility index (Phi) is 5.43. The molecule has 1 aliphatic heterocycles. The van der Waals surface area contributed by atoms with Crippen molar-refractivity contribution in [3.63, 3.8) is 0 Å². The van der Waals surface area contributed by atoms with E-state index in [9.17, 15) is 4.79 Å². The third-order valence-corrected chi connectivity index (χ3v) is 5.57. The van der Waals surface area contributed by atoms with Crippen LogP contribution in [0.4, 0.5) is 0 Å². The number of fused-ring (bicyclic) bond motifs is 1. The van der Waals surface area contributed by atoms with Crippen molar-refractivity contribution in [3.8, 4) is 5.75 Å². The molecule has 1 amide bonds.